The summed E-state index contributed by atoms with van der Waals surface area (Å²) >= 11 is 0. The van der Waals surface area contributed by atoms with Crippen molar-refractivity contribution in [1.82, 2.24) is 0 Å². The fourth-order valence-electron chi connectivity index (χ4n) is 1.34. The maximum atomic E-state index is 10.8. The summed E-state index contributed by atoms with van der Waals surface area (Å²) < 4.78 is 32.4. The van der Waals surface area contributed by atoms with E-state index in [1.807, 2.05) is 0 Å². The molecular formula is C8H19NO4S. The lowest BCUT2D eigenvalue weighted by Gasteiger charge is -2.23. The summed E-state index contributed by atoms with van der Waals surface area (Å²) in [6.07, 6.45) is 2.45. The van der Waals surface area contributed by atoms with Crippen LogP contribution in [0, 0.1) is 0 Å². The number of quaternary nitrogens is 1. The van der Waals surface area contributed by atoms with Crippen molar-refractivity contribution in [3.63, 3.8) is 0 Å². The highest BCUT2D eigenvalue weighted by atomic mass is 32.2. The summed E-state index contributed by atoms with van der Waals surface area (Å²) in [4.78, 5) is 0.643. The van der Waals surface area contributed by atoms with Gasteiger partial charge in [0.05, 0.1) is 14.1 Å². The number of hydrogen-bond acceptors (Lipinski definition) is 4. The third-order valence-electron chi connectivity index (χ3n) is 2.12. The van der Waals surface area contributed by atoms with E-state index in [2.05, 4.69) is 0 Å². The van der Waals surface area contributed by atoms with Gasteiger partial charge >= 0.3 is 0 Å². The van der Waals surface area contributed by atoms with Crippen molar-refractivity contribution >= 4 is 10.1 Å². The first-order valence-electron chi connectivity index (χ1n) is 4.75. The first kappa shape index (κ1) is 13.8. The number of aliphatic hydroxyl groups excluding tert-OH is 1. The minimum Gasteiger partial charge on any atom is -0.743 e. The van der Waals surface area contributed by atoms with E-state index in [9.17, 15) is 13.0 Å². The van der Waals surface area contributed by atoms with Gasteiger partial charge in [-0.25, -0.2) is 8.42 Å². The Labute approximate surface area is 85.5 Å². The van der Waals surface area contributed by atoms with Crippen molar-refractivity contribution in [3.05, 3.63) is 0 Å². The summed E-state index contributed by atoms with van der Waals surface area (Å²) in [5, 5.41) is 7.66. The molecule has 0 saturated carbocycles. The Hall–Kier alpha value is -0.170. The van der Waals surface area contributed by atoms with Crippen molar-refractivity contribution < 1.29 is 23.0 Å². The first-order valence-corrected chi connectivity index (χ1v) is 6.22. The monoisotopic (exact) mass is 225 g/mol. The molecule has 0 aliphatic heterocycles. The molecular weight excluding hydrogens is 206 g/mol. The molecule has 0 aliphatic rings. The average molecular weight is 225 g/mol. The van der Waals surface area contributed by atoms with Crippen LogP contribution in [0.15, 0.2) is 0 Å². The third-order valence-corrected chi connectivity index (χ3v) is 3.52. The lowest BCUT2D eigenvalue weighted by atomic mass is 10.2. The quantitative estimate of drug-likeness (QED) is 0.410. The van der Waals surface area contributed by atoms with E-state index in [0.717, 1.165) is 6.42 Å². The van der Waals surface area contributed by atoms with Gasteiger partial charge in [-0.3, -0.25) is 0 Å². The molecule has 86 valence electrons. The van der Waals surface area contributed by atoms with E-state index < -0.39 is 15.5 Å². The molecule has 14 heavy (non-hydrogen) atoms. The van der Waals surface area contributed by atoms with Gasteiger partial charge in [-0.1, -0.05) is 6.42 Å². The van der Waals surface area contributed by atoms with Crippen molar-refractivity contribution in [3.8, 4) is 0 Å². The van der Waals surface area contributed by atoms with Crippen molar-refractivity contribution in [2.24, 2.45) is 0 Å². The second-order valence-corrected chi connectivity index (χ2v) is 5.19. The number of aliphatic hydroxyl groups is 1. The van der Waals surface area contributed by atoms with Crippen LogP contribution in [0.4, 0.5) is 0 Å². The van der Waals surface area contributed by atoms with Crippen LogP contribution in [0.25, 0.3) is 0 Å². The molecule has 1 unspecified atom stereocenters. The lowest BCUT2D eigenvalue weighted by Crippen LogP contribution is -3.11. The fourth-order valence-corrected chi connectivity index (χ4v) is 2.37. The average Bonchev–Trinajstić information content (AvgIpc) is 2.01. The van der Waals surface area contributed by atoms with Crippen LogP contribution in [0.5, 0.6) is 0 Å². The van der Waals surface area contributed by atoms with E-state index in [0.29, 0.717) is 24.2 Å². The van der Waals surface area contributed by atoms with E-state index in [1.54, 1.807) is 14.1 Å². The zero-order valence-electron chi connectivity index (χ0n) is 8.69. The van der Waals surface area contributed by atoms with Crippen LogP contribution in [-0.4, -0.2) is 44.2 Å². The Bertz CT molecular complexity index is 238. The van der Waals surface area contributed by atoms with Crippen LogP contribution in [-0.2, 0) is 10.1 Å². The number of unbranched alkanes of at least 4 members (excludes halogenated alkanes) is 2. The molecule has 0 spiro atoms. The van der Waals surface area contributed by atoms with Crippen molar-refractivity contribution in [1.29, 1.82) is 0 Å². The molecule has 0 aliphatic carbocycles. The highest BCUT2D eigenvalue weighted by Gasteiger charge is 2.21. The summed E-state index contributed by atoms with van der Waals surface area (Å²) in [5.41, 5.74) is 0. The van der Waals surface area contributed by atoms with Gasteiger partial charge in [0.15, 0.2) is 5.37 Å². The van der Waals surface area contributed by atoms with E-state index in [4.69, 9.17) is 5.11 Å². The molecule has 0 aromatic carbocycles. The maximum absolute atomic E-state index is 10.8. The zero-order valence-corrected chi connectivity index (χ0v) is 9.51. The number of hydrogen-bond donors (Lipinski definition) is 2. The molecule has 0 bridgehead atoms. The normalized spacial score (nSPS) is 14.6. The summed E-state index contributed by atoms with van der Waals surface area (Å²) in [6.45, 7) is 0.115. The van der Waals surface area contributed by atoms with E-state index in [-0.39, 0.29) is 6.61 Å². The van der Waals surface area contributed by atoms with Gasteiger partial charge in [-0.15, -0.1) is 0 Å². The molecule has 1 atom stereocenters. The van der Waals surface area contributed by atoms with Crippen LogP contribution in [0.1, 0.15) is 25.7 Å². The smallest absolute Gasteiger partial charge is 0.177 e. The van der Waals surface area contributed by atoms with Gasteiger partial charge < -0.3 is 14.6 Å². The first-order chi connectivity index (χ1) is 6.39. The van der Waals surface area contributed by atoms with Gasteiger partial charge in [0, 0.05) is 13.0 Å². The van der Waals surface area contributed by atoms with Crippen molar-refractivity contribution in [2.75, 3.05) is 20.7 Å². The van der Waals surface area contributed by atoms with Crippen LogP contribution in [0.3, 0.4) is 0 Å². The molecule has 0 amide bonds. The van der Waals surface area contributed by atoms with Crippen LogP contribution >= 0.6 is 0 Å². The second-order valence-electron chi connectivity index (χ2n) is 3.63. The van der Waals surface area contributed by atoms with Gasteiger partial charge in [-0.2, -0.15) is 0 Å². The predicted molar refractivity (Wildman–Crippen MR) is 51.8 cm³/mol. The highest BCUT2D eigenvalue weighted by Crippen LogP contribution is 2.05. The predicted octanol–water partition coefficient (Wildman–Crippen LogP) is -1.45. The topological polar surface area (TPSA) is 81.9 Å². The molecule has 0 rings (SSSR count). The zero-order chi connectivity index (χ0) is 11.2. The standard InChI is InChI=1S/C8H19NO4S/c1-9(2)8(14(11,12)13)6-4-3-5-7-10/h8,10H,3-7H2,1-2H3,(H,11,12,13). The fraction of sp³-hybridized carbons (Fsp3) is 1.00. The van der Waals surface area contributed by atoms with Gasteiger partial charge in [0.25, 0.3) is 0 Å². The van der Waals surface area contributed by atoms with E-state index in [1.165, 1.54) is 0 Å². The molecule has 0 heterocycles. The van der Waals surface area contributed by atoms with Crippen molar-refractivity contribution in [2.45, 2.75) is 31.1 Å². The molecule has 5 nitrogen and oxygen atoms in total. The third kappa shape index (κ3) is 5.54. The molecule has 0 fully saturated rings. The molecule has 6 heteroatoms. The minimum absolute atomic E-state index is 0.115. The molecule has 0 saturated heterocycles. The number of rotatable bonds is 7. The largest absolute Gasteiger partial charge is 0.743 e. The molecule has 0 radical (unpaired) electrons. The Kier molecular flexibility index (Phi) is 6.26. The van der Waals surface area contributed by atoms with Gasteiger partial charge in [-0.05, 0) is 12.8 Å². The Balaban J connectivity index is 4.01. The number of nitrogens with one attached hydrogen (secondary N) is 1. The SMILES string of the molecule is C[NH+](C)C(CCCCCO)S(=O)(=O)[O-]. The van der Waals surface area contributed by atoms with Gasteiger partial charge in [0.1, 0.15) is 10.1 Å². The summed E-state index contributed by atoms with van der Waals surface area (Å²) in [6, 6.07) is 0. The van der Waals surface area contributed by atoms with Crippen LogP contribution < -0.4 is 4.90 Å². The molecule has 2 N–H and O–H groups in total. The van der Waals surface area contributed by atoms with Gasteiger partial charge in [0.2, 0.25) is 0 Å². The second kappa shape index (κ2) is 6.34. The lowest BCUT2D eigenvalue weighted by molar-refractivity contribution is -0.871. The maximum Gasteiger partial charge on any atom is 0.177 e. The molecule has 0 aromatic heterocycles. The Morgan fingerprint density at radius 3 is 2.21 bits per heavy atom. The molecule has 0 aromatic rings. The Morgan fingerprint density at radius 1 is 1.29 bits per heavy atom. The summed E-state index contributed by atoms with van der Waals surface area (Å²) in [7, 11) is -0.883. The van der Waals surface area contributed by atoms with E-state index >= 15 is 0 Å². The Morgan fingerprint density at radius 2 is 1.86 bits per heavy atom. The van der Waals surface area contributed by atoms with Crippen LogP contribution in [0.2, 0.25) is 0 Å². The minimum atomic E-state index is -4.20. The highest BCUT2D eigenvalue weighted by molar-refractivity contribution is 7.86. The summed E-state index contributed by atoms with van der Waals surface area (Å²) in [5.74, 6) is 0.